The normalized spacial score (nSPS) is 68.7. The van der Waals surface area contributed by atoms with Crippen LogP contribution in [0.15, 0.2) is 0 Å². The van der Waals surface area contributed by atoms with Gasteiger partial charge in [-0.1, -0.05) is 12.8 Å². The van der Waals surface area contributed by atoms with E-state index in [2.05, 4.69) is 11.8 Å². The molecule has 3 heterocycles. The van der Waals surface area contributed by atoms with Crippen molar-refractivity contribution in [2.75, 3.05) is 0 Å². The quantitative estimate of drug-likeness (QED) is 0.722. The molecule has 7 fully saturated rings. The van der Waals surface area contributed by atoms with Crippen molar-refractivity contribution in [2.24, 2.45) is 29.6 Å². The van der Waals surface area contributed by atoms with Crippen molar-refractivity contribution in [3.8, 4) is 0 Å². The standard InChI is InChI=1S/C20H31NO2/c1-11-6-7-15-16-8-12-9-20(15,23)19(21(11)16)10-17(22)13-4-2-3-5-14(13)18(12)19/h11-18,22-23H,2-10H2,1H3/t11-,12+,13+,14+,15+,16?,17+,18-,19-,20+/m0/s1. The minimum Gasteiger partial charge on any atom is -0.393 e. The molecule has 0 radical (unpaired) electrons. The molecular formula is C20H31NO2. The molecule has 7 rings (SSSR count). The fraction of sp³-hybridized carbons (Fsp3) is 1.00. The third-order valence-electron chi connectivity index (χ3n) is 9.54. The van der Waals surface area contributed by atoms with Crippen LogP contribution in [0.1, 0.15) is 64.7 Å². The maximum absolute atomic E-state index is 12.0. The fourth-order valence-corrected chi connectivity index (χ4v) is 9.29. The molecule has 0 amide bonds. The number of aliphatic hydroxyl groups is 2. The number of hydrogen-bond donors (Lipinski definition) is 2. The summed E-state index contributed by atoms with van der Waals surface area (Å²) < 4.78 is 0. The Morgan fingerprint density at radius 1 is 1.00 bits per heavy atom. The van der Waals surface area contributed by atoms with Crippen LogP contribution < -0.4 is 0 Å². The lowest BCUT2D eigenvalue weighted by Crippen LogP contribution is -2.69. The van der Waals surface area contributed by atoms with Crippen molar-refractivity contribution in [2.45, 2.75) is 94.0 Å². The Balaban J connectivity index is 1.54. The second kappa shape index (κ2) is 4.16. The number of hydrogen-bond acceptors (Lipinski definition) is 3. The minimum absolute atomic E-state index is 0.0703. The number of nitrogens with zero attached hydrogens (tertiary/aromatic N) is 1. The molecule has 2 unspecified atom stereocenters. The van der Waals surface area contributed by atoms with Gasteiger partial charge in [-0.05, 0) is 75.5 Å². The second-order valence-electron chi connectivity index (χ2n) is 9.97. The molecular weight excluding hydrogens is 286 g/mol. The zero-order valence-corrected chi connectivity index (χ0v) is 14.3. The molecule has 0 aromatic rings. The average molecular weight is 317 g/mol. The molecule has 0 aromatic carbocycles. The van der Waals surface area contributed by atoms with Gasteiger partial charge in [0.2, 0.25) is 0 Å². The lowest BCUT2D eigenvalue weighted by Gasteiger charge is -2.61. The summed E-state index contributed by atoms with van der Waals surface area (Å²) in [6.07, 6.45) is 10.7. The van der Waals surface area contributed by atoms with E-state index < -0.39 is 5.60 Å². The predicted molar refractivity (Wildman–Crippen MR) is 87.8 cm³/mol. The molecule has 3 aliphatic heterocycles. The van der Waals surface area contributed by atoms with Gasteiger partial charge in [-0.15, -0.1) is 0 Å². The van der Waals surface area contributed by atoms with Crippen LogP contribution in [0.2, 0.25) is 0 Å². The van der Waals surface area contributed by atoms with Crippen LogP contribution in [-0.2, 0) is 0 Å². The van der Waals surface area contributed by atoms with Gasteiger partial charge in [0.15, 0.2) is 0 Å². The van der Waals surface area contributed by atoms with Gasteiger partial charge in [-0.25, -0.2) is 0 Å². The van der Waals surface area contributed by atoms with Crippen molar-refractivity contribution in [3.05, 3.63) is 0 Å². The maximum Gasteiger partial charge on any atom is 0.0880 e. The van der Waals surface area contributed by atoms with Crippen molar-refractivity contribution >= 4 is 0 Å². The lowest BCUT2D eigenvalue weighted by molar-refractivity contribution is -0.171. The second-order valence-corrected chi connectivity index (χ2v) is 9.97. The van der Waals surface area contributed by atoms with Crippen LogP contribution in [0, 0.1) is 29.6 Å². The van der Waals surface area contributed by atoms with Gasteiger partial charge >= 0.3 is 0 Å². The number of rotatable bonds is 0. The molecule has 6 bridgehead atoms. The van der Waals surface area contributed by atoms with Gasteiger partial charge in [-0.3, -0.25) is 4.90 Å². The van der Waals surface area contributed by atoms with Crippen molar-refractivity contribution in [1.82, 2.24) is 4.90 Å². The molecule has 23 heavy (non-hydrogen) atoms. The Kier molecular flexibility index (Phi) is 2.55. The Morgan fingerprint density at radius 3 is 2.61 bits per heavy atom. The van der Waals surface area contributed by atoms with E-state index in [1.165, 1.54) is 44.9 Å². The van der Waals surface area contributed by atoms with E-state index in [0.29, 0.717) is 35.8 Å². The van der Waals surface area contributed by atoms with Crippen LogP contribution in [0.4, 0.5) is 0 Å². The zero-order valence-electron chi connectivity index (χ0n) is 14.3. The van der Waals surface area contributed by atoms with Crippen molar-refractivity contribution in [3.63, 3.8) is 0 Å². The summed E-state index contributed by atoms with van der Waals surface area (Å²) in [5.74, 6) is 3.10. The van der Waals surface area contributed by atoms with Crippen molar-refractivity contribution in [1.29, 1.82) is 0 Å². The Hall–Kier alpha value is -0.120. The average Bonchev–Trinajstić information content (AvgIpc) is 2.75. The van der Waals surface area contributed by atoms with Crippen LogP contribution >= 0.6 is 0 Å². The monoisotopic (exact) mass is 317 g/mol. The summed E-state index contributed by atoms with van der Waals surface area (Å²) in [4.78, 5) is 2.78. The van der Waals surface area contributed by atoms with E-state index in [-0.39, 0.29) is 11.6 Å². The first kappa shape index (κ1) is 14.1. The molecule has 4 saturated carbocycles. The first-order chi connectivity index (χ1) is 11.1. The lowest BCUT2D eigenvalue weighted by atomic mass is 9.54. The van der Waals surface area contributed by atoms with E-state index in [1.807, 2.05) is 0 Å². The largest absolute Gasteiger partial charge is 0.393 e. The van der Waals surface area contributed by atoms with Crippen LogP contribution in [0.25, 0.3) is 0 Å². The van der Waals surface area contributed by atoms with Gasteiger partial charge < -0.3 is 10.2 Å². The van der Waals surface area contributed by atoms with Gasteiger partial charge in [0.05, 0.1) is 17.2 Å². The maximum atomic E-state index is 12.0. The molecule has 3 nitrogen and oxygen atoms in total. The van der Waals surface area contributed by atoms with E-state index in [0.717, 1.165) is 18.8 Å². The molecule has 7 aliphatic rings. The molecule has 2 N–H and O–H groups in total. The highest BCUT2D eigenvalue weighted by molar-refractivity contribution is 5.34. The first-order valence-corrected chi connectivity index (χ1v) is 10.3. The van der Waals surface area contributed by atoms with Gasteiger partial charge in [0.1, 0.15) is 0 Å². The molecule has 128 valence electrons. The van der Waals surface area contributed by atoms with Gasteiger partial charge in [0.25, 0.3) is 0 Å². The Bertz CT molecular complexity index is 552. The minimum atomic E-state index is -0.487. The highest BCUT2D eigenvalue weighted by atomic mass is 16.3. The van der Waals surface area contributed by atoms with E-state index in [9.17, 15) is 10.2 Å². The summed E-state index contributed by atoms with van der Waals surface area (Å²) in [5.41, 5.74) is -0.557. The highest BCUT2D eigenvalue weighted by Gasteiger charge is 2.82. The van der Waals surface area contributed by atoms with Crippen molar-refractivity contribution < 1.29 is 10.2 Å². The molecule has 0 aromatic heterocycles. The topological polar surface area (TPSA) is 43.7 Å². The van der Waals surface area contributed by atoms with Crippen LogP contribution in [-0.4, -0.2) is 44.4 Å². The number of fused-ring (bicyclic) bond motifs is 1. The Morgan fingerprint density at radius 2 is 1.78 bits per heavy atom. The summed E-state index contributed by atoms with van der Waals surface area (Å²) in [7, 11) is 0. The van der Waals surface area contributed by atoms with E-state index in [4.69, 9.17) is 0 Å². The van der Waals surface area contributed by atoms with Crippen LogP contribution in [0.5, 0.6) is 0 Å². The van der Waals surface area contributed by atoms with E-state index in [1.54, 1.807) is 0 Å². The molecule has 11 atom stereocenters. The summed E-state index contributed by atoms with van der Waals surface area (Å²) >= 11 is 0. The highest BCUT2D eigenvalue weighted by Crippen LogP contribution is 2.75. The fourth-order valence-electron chi connectivity index (χ4n) is 9.29. The zero-order chi connectivity index (χ0) is 15.6. The summed E-state index contributed by atoms with van der Waals surface area (Å²) in [6.45, 7) is 2.39. The van der Waals surface area contributed by atoms with Crippen LogP contribution in [0.3, 0.4) is 0 Å². The van der Waals surface area contributed by atoms with E-state index >= 15 is 0 Å². The SMILES string of the molecule is C[C@H]1CC[C@@H]2C3C[C@@H]4C[C@]2(O)[C@@]2(C[C@@H](O)[C@@H]5CCCC[C@H]5[C@H]42)N31. The third kappa shape index (κ3) is 1.32. The molecule has 3 heteroatoms. The van der Waals surface area contributed by atoms with Gasteiger partial charge in [0, 0.05) is 18.0 Å². The summed E-state index contributed by atoms with van der Waals surface area (Å²) in [5, 5.41) is 23.0. The molecule has 3 saturated heterocycles. The third-order valence-corrected chi connectivity index (χ3v) is 9.54. The van der Waals surface area contributed by atoms with Gasteiger partial charge in [-0.2, -0.15) is 0 Å². The molecule has 4 aliphatic carbocycles. The summed E-state index contributed by atoms with van der Waals surface area (Å²) in [6, 6.07) is 1.21. The number of aliphatic hydroxyl groups excluding tert-OH is 1. The predicted octanol–water partition coefficient (Wildman–Crippen LogP) is 2.55. The Labute approximate surface area is 139 Å². The molecule has 1 spiro atoms. The number of piperidine rings is 2. The smallest absolute Gasteiger partial charge is 0.0880 e. The first-order valence-electron chi connectivity index (χ1n) is 10.3.